The van der Waals surface area contributed by atoms with Gasteiger partial charge in [0.25, 0.3) is 0 Å². The molecule has 0 fully saturated rings. The van der Waals surface area contributed by atoms with Crippen molar-refractivity contribution >= 4 is 23.3 Å². The van der Waals surface area contributed by atoms with Crippen LogP contribution in [0.2, 0.25) is 0 Å². The third kappa shape index (κ3) is 1.06. The summed E-state index contributed by atoms with van der Waals surface area (Å²) in [7, 11) is 0. The number of nitrogens with one attached hydrogen (secondary N) is 2. The summed E-state index contributed by atoms with van der Waals surface area (Å²) in [6, 6.07) is 0. The topological polar surface area (TPSA) is 47.7 Å². The number of allylic oxidation sites excluding steroid dienone is 3. The highest BCUT2D eigenvalue weighted by Gasteiger charge is 2.27. The molecule has 0 spiro atoms. The molecule has 2 N–H and O–H groups in total. The lowest BCUT2D eigenvalue weighted by atomic mass is 9.96. The van der Waals surface area contributed by atoms with Gasteiger partial charge < -0.3 is 0 Å². The normalized spacial score (nSPS) is 22.7. The second-order valence-electron chi connectivity index (χ2n) is 3.04. The van der Waals surface area contributed by atoms with Crippen molar-refractivity contribution in [1.29, 1.82) is 10.8 Å². The lowest BCUT2D eigenvalue weighted by Gasteiger charge is -2.10. The lowest BCUT2D eigenvalue weighted by Crippen LogP contribution is -2.01. The fraction of sp³-hybridized carbons (Fsp3) is 0.444. The first kappa shape index (κ1) is 7.84. The summed E-state index contributed by atoms with van der Waals surface area (Å²) in [6.45, 7) is 0. The molecule has 0 aromatic carbocycles. The Bertz CT molecular complexity index is 321. The van der Waals surface area contributed by atoms with E-state index < -0.39 is 0 Å². The van der Waals surface area contributed by atoms with Gasteiger partial charge in [-0.1, -0.05) is 11.8 Å². The maximum atomic E-state index is 7.73. The molecule has 0 amide bonds. The van der Waals surface area contributed by atoms with Crippen LogP contribution in [0, 0.1) is 10.8 Å². The predicted octanol–water partition coefficient (Wildman–Crippen LogP) is 2.71. The van der Waals surface area contributed by atoms with E-state index in [1.807, 2.05) is 0 Å². The van der Waals surface area contributed by atoms with Crippen LogP contribution in [0.3, 0.4) is 0 Å². The number of hydrogen-bond acceptors (Lipinski definition) is 3. The highest BCUT2D eigenvalue weighted by Crippen LogP contribution is 2.44. The average molecular weight is 178 g/mol. The fourth-order valence-electron chi connectivity index (χ4n) is 1.65. The number of rotatable bonds is 0. The molecule has 0 bridgehead atoms. The summed E-state index contributed by atoms with van der Waals surface area (Å²) in [4.78, 5) is 2.03. The maximum Gasteiger partial charge on any atom is 0.0979 e. The minimum atomic E-state index is 0.560. The molecule has 0 saturated heterocycles. The highest BCUT2D eigenvalue weighted by molar-refractivity contribution is 8.08. The Labute approximate surface area is 75.8 Å². The average Bonchev–Trinajstić information content (AvgIpc) is 2.44. The Morgan fingerprint density at radius 2 is 2.00 bits per heavy atom. The van der Waals surface area contributed by atoms with Gasteiger partial charge in [-0.15, -0.1) is 0 Å². The molecule has 0 aromatic heterocycles. The Balaban J connectivity index is 2.38. The van der Waals surface area contributed by atoms with Gasteiger partial charge in [0.05, 0.1) is 10.6 Å². The first-order chi connectivity index (χ1) is 5.83. The van der Waals surface area contributed by atoms with E-state index >= 15 is 0 Å². The minimum Gasteiger partial charge on any atom is -0.299 e. The van der Waals surface area contributed by atoms with Gasteiger partial charge in [0, 0.05) is 0 Å². The lowest BCUT2D eigenvalue weighted by molar-refractivity contribution is 0.712. The molecule has 3 heteroatoms. The second kappa shape index (κ2) is 2.92. The molecule has 0 atom stereocenters. The summed E-state index contributed by atoms with van der Waals surface area (Å²) in [6.07, 6.45) is 4.58. The SMILES string of the molecule is N=C=C1SC2=C(CCCC2)C1=N. The number of hydrogen-bond donors (Lipinski definition) is 2. The molecule has 0 aromatic rings. The third-order valence-electron chi connectivity index (χ3n) is 2.28. The molecule has 12 heavy (non-hydrogen) atoms. The van der Waals surface area contributed by atoms with E-state index in [9.17, 15) is 0 Å². The van der Waals surface area contributed by atoms with Crippen molar-refractivity contribution in [2.45, 2.75) is 25.7 Å². The smallest absolute Gasteiger partial charge is 0.0979 e. The van der Waals surface area contributed by atoms with Crippen LogP contribution in [0.1, 0.15) is 25.7 Å². The van der Waals surface area contributed by atoms with E-state index in [2.05, 4.69) is 5.87 Å². The first-order valence-electron chi connectivity index (χ1n) is 4.12. The van der Waals surface area contributed by atoms with E-state index in [4.69, 9.17) is 10.8 Å². The van der Waals surface area contributed by atoms with E-state index in [0.29, 0.717) is 10.6 Å². The summed E-state index contributed by atoms with van der Waals surface area (Å²) < 4.78 is 0. The van der Waals surface area contributed by atoms with Gasteiger partial charge in [-0.05, 0) is 42.0 Å². The van der Waals surface area contributed by atoms with Crippen molar-refractivity contribution in [3.8, 4) is 0 Å². The molecule has 2 nitrogen and oxygen atoms in total. The second-order valence-corrected chi connectivity index (χ2v) is 4.15. The molecular formula is C9H10N2S. The van der Waals surface area contributed by atoms with Gasteiger partial charge in [0.1, 0.15) is 0 Å². The van der Waals surface area contributed by atoms with Gasteiger partial charge in [0.2, 0.25) is 0 Å². The van der Waals surface area contributed by atoms with Crippen LogP contribution in [0.4, 0.5) is 0 Å². The molecule has 0 unspecified atom stereocenters. The van der Waals surface area contributed by atoms with Gasteiger partial charge in [-0.3, -0.25) is 10.8 Å². The summed E-state index contributed by atoms with van der Waals surface area (Å²) in [5, 5.41) is 14.7. The van der Waals surface area contributed by atoms with E-state index in [0.717, 1.165) is 12.8 Å². The number of thioether (sulfide) groups is 1. The molecule has 0 radical (unpaired) electrons. The molecule has 0 saturated carbocycles. The van der Waals surface area contributed by atoms with Crippen LogP contribution >= 0.6 is 11.8 Å². The zero-order valence-corrected chi connectivity index (χ0v) is 7.55. The monoisotopic (exact) mass is 178 g/mol. The fourth-order valence-corrected chi connectivity index (χ4v) is 2.75. The van der Waals surface area contributed by atoms with Crippen molar-refractivity contribution in [1.82, 2.24) is 0 Å². The largest absolute Gasteiger partial charge is 0.299 e. The first-order valence-corrected chi connectivity index (χ1v) is 4.93. The Morgan fingerprint density at radius 1 is 1.25 bits per heavy atom. The van der Waals surface area contributed by atoms with E-state index in [1.165, 1.54) is 23.3 Å². The maximum absolute atomic E-state index is 7.73. The Hall–Kier alpha value is -0.790. The Kier molecular flexibility index (Phi) is 1.91. The summed E-state index contributed by atoms with van der Waals surface area (Å²) >= 11 is 1.58. The predicted molar refractivity (Wildman–Crippen MR) is 52.1 cm³/mol. The Morgan fingerprint density at radius 3 is 2.67 bits per heavy atom. The third-order valence-corrected chi connectivity index (χ3v) is 3.49. The molecule has 1 heterocycles. The van der Waals surface area contributed by atoms with Crippen LogP contribution < -0.4 is 0 Å². The van der Waals surface area contributed by atoms with Crippen LogP contribution in [0.5, 0.6) is 0 Å². The molecule has 1 aliphatic carbocycles. The van der Waals surface area contributed by atoms with Gasteiger partial charge in [-0.2, -0.15) is 0 Å². The van der Waals surface area contributed by atoms with Crippen molar-refractivity contribution < 1.29 is 0 Å². The highest BCUT2D eigenvalue weighted by atomic mass is 32.2. The van der Waals surface area contributed by atoms with Crippen LogP contribution in [0.15, 0.2) is 15.4 Å². The van der Waals surface area contributed by atoms with Crippen molar-refractivity contribution in [2.75, 3.05) is 0 Å². The van der Waals surface area contributed by atoms with E-state index in [1.54, 1.807) is 11.8 Å². The molecule has 2 rings (SSSR count). The zero-order chi connectivity index (χ0) is 8.55. The van der Waals surface area contributed by atoms with Crippen molar-refractivity contribution in [2.24, 2.45) is 0 Å². The molecule has 62 valence electrons. The van der Waals surface area contributed by atoms with Crippen LogP contribution in [0.25, 0.3) is 0 Å². The van der Waals surface area contributed by atoms with Crippen LogP contribution in [-0.2, 0) is 0 Å². The standard InChI is InChI=1S/C9H10N2S/c10-5-8-9(11)6-3-1-2-4-7(6)12-8/h10-11H,1-4H2. The van der Waals surface area contributed by atoms with Gasteiger partial charge in [0.15, 0.2) is 0 Å². The molecule has 2 aliphatic rings. The van der Waals surface area contributed by atoms with Gasteiger partial charge >= 0.3 is 0 Å². The van der Waals surface area contributed by atoms with Crippen molar-refractivity contribution in [3.63, 3.8) is 0 Å². The van der Waals surface area contributed by atoms with Crippen LogP contribution in [-0.4, -0.2) is 11.6 Å². The zero-order valence-electron chi connectivity index (χ0n) is 6.74. The van der Waals surface area contributed by atoms with Gasteiger partial charge in [-0.25, -0.2) is 0 Å². The van der Waals surface area contributed by atoms with E-state index in [-0.39, 0.29) is 0 Å². The quantitative estimate of drug-likeness (QED) is 0.550. The summed E-state index contributed by atoms with van der Waals surface area (Å²) in [5.41, 5.74) is 1.74. The molecular weight excluding hydrogens is 168 g/mol. The molecule has 1 aliphatic heterocycles. The minimum absolute atomic E-state index is 0.560. The summed E-state index contributed by atoms with van der Waals surface area (Å²) in [5.74, 6) is 2.33. The van der Waals surface area contributed by atoms with Crippen molar-refractivity contribution in [3.05, 3.63) is 15.4 Å².